The highest BCUT2D eigenvalue weighted by Crippen LogP contribution is 2.27. The van der Waals surface area contributed by atoms with Crippen molar-refractivity contribution < 1.29 is 0 Å². The number of allylic oxidation sites excluding steroid dienone is 6. The molecule has 0 aromatic rings. The van der Waals surface area contributed by atoms with Gasteiger partial charge in [-0.1, -0.05) is 52.8 Å². The van der Waals surface area contributed by atoms with Crippen molar-refractivity contribution in [3.63, 3.8) is 0 Å². The van der Waals surface area contributed by atoms with Gasteiger partial charge >= 0.3 is 0 Å². The summed E-state index contributed by atoms with van der Waals surface area (Å²) in [4.78, 5) is 4.45. The van der Waals surface area contributed by atoms with E-state index in [1.807, 2.05) is 13.1 Å². The van der Waals surface area contributed by atoms with Crippen LogP contribution in [-0.2, 0) is 0 Å². The molecule has 0 N–H and O–H groups in total. The number of hydrogen-bond donors (Lipinski definition) is 0. The highest BCUT2D eigenvalue weighted by atomic mass is 14.7. The van der Waals surface area contributed by atoms with Crippen LogP contribution in [0.2, 0.25) is 0 Å². The number of rotatable bonds is 4. The van der Waals surface area contributed by atoms with Crippen molar-refractivity contribution in [1.29, 1.82) is 0 Å². The lowest BCUT2D eigenvalue weighted by Gasteiger charge is -2.19. The van der Waals surface area contributed by atoms with Crippen LogP contribution in [0.5, 0.6) is 0 Å². The second-order valence-electron chi connectivity index (χ2n) is 5.71. The fourth-order valence-corrected chi connectivity index (χ4v) is 1.28. The predicted octanol–water partition coefficient (Wildman–Crippen LogP) is 5.17. The minimum atomic E-state index is 0.0867. The highest BCUT2D eigenvalue weighted by molar-refractivity contribution is 5.56. The van der Waals surface area contributed by atoms with Crippen LogP contribution in [0.1, 0.15) is 48.5 Å². The van der Waals surface area contributed by atoms with Gasteiger partial charge in [-0.2, -0.15) is 0 Å². The molecule has 1 heteroatoms. The summed E-state index contributed by atoms with van der Waals surface area (Å²) in [5, 5.41) is 0. The van der Waals surface area contributed by atoms with Gasteiger partial charge in [0.1, 0.15) is 0 Å². The molecule has 0 unspecified atom stereocenters. The molecule has 0 spiro atoms. The van der Waals surface area contributed by atoms with Crippen LogP contribution in [0.15, 0.2) is 40.6 Å². The summed E-state index contributed by atoms with van der Waals surface area (Å²) in [6.07, 6.45) is 10.5. The third-order valence-corrected chi connectivity index (χ3v) is 2.26. The van der Waals surface area contributed by atoms with E-state index in [1.54, 1.807) is 0 Å². The zero-order chi connectivity index (χ0) is 13.5. The Balaban J connectivity index is 4.95. The Bertz CT molecular complexity index is 333. The fraction of sp³-hybridized carbons (Fsp3) is 0.562. The molecule has 0 radical (unpaired) electrons. The molecule has 0 aromatic carbocycles. The third-order valence-electron chi connectivity index (χ3n) is 2.26. The van der Waals surface area contributed by atoms with E-state index in [2.05, 4.69) is 70.8 Å². The van der Waals surface area contributed by atoms with Crippen molar-refractivity contribution in [1.82, 2.24) is 0 Å². The molecule has 0 amide bonds. The van der Waals surface area contributed by atoms with Gasteiger partial charge in [0, 0.05) is 17.3 Å². The number of nitrogens with zero attached hydrogens (tertiary/aromatic N) is 1. The van der Waals surface area contributed by atoms with Gasteiger partial charge in [0.2, 0.25) is 0 Å². The van der Waals surface area contributed by atoms with E-state index in [-0.39, 0.29) is 5.41 Å². The van der Waals surface area contributed by atoms with Crippen LogP contribution in [0.25, 0.3) is 0 Å². The van der Waals surface area contributed by atoms with Crippen LogP contribution in [0.4, 0.5) is 0 Å². The normalized spacial score (nSPS) is 15.5. The largest absolute Gasteiger partial charge is 0.265 e. The molecule has 0 aliphatic carbocycles. The van der Waals surface area contributed by atoms with E-state index >= 15 is 0 Å². The SMILES string of the molecule is CC=N\C(=C/C(C)=C/C=C\C(C)C)C(C)(C)C. The van der Waals surface area contributed by atoms with E-state index in [1.165, 1.54) is 5.57 Å². The summed E-state index contributed by atoms with van der Waals surface area (Å²) in [7, 11) is 0. The maximum Gasteiger partial charge on any atom is 0.0455 e. The smallest absolute Gasteiger partial charge is 0.0455 e. The molecule has 1 nitrogen and oxygen atoms in total. The van der Waals surface area contributed by atoms with Gasteiger partial charge in [0.05, 0.1) is 0 Å². The van der Waals surface area contributed by atoms with E-state index in [9.17, 15) is 0 Å². The van der Waals surface area contributed by atoms with E-state index in [0.717, 1.165) is 5.70 Å². The average molecular weight is 233 g/mol. The summed E-state index contributed by atoms with van der Waals surface area (Å²) >= 11 is 0. The predicted molar refractivity (Wildman–Crippen MR) is 79.4 cm³/mol. The van der Waals surface area contributed by atoms with Crippen molar-refractivity contribution in [2.45, 2.75) is 48.5 Å². The zero-order valence-electron chi connectivity index (χ0n) is 12.4. The minimum absolute atomic E-state index is 0.0867. The standard InChI is InChI=1S/C16H27N/c1-8-17-15(16(5,6)7)12-14(4)11-9-10-13(2)3/h8-13H,1-7H3/b10-9-,14-11+,15-12-,17-8?. The Hall–Kier alpha value is -1.11. The summed E-state index contributed by atoms with van der Waals surface area (Å²) in [6, 6.07) is 0. The Labute approximate surface area is 107 Å². The van der Waals surface area contributed by atoms with Crippen molar-refractivity contribution in [2.24, 2.45) is 16.3 Å². The summed E-state index contributed by atoms with van der Waals surface area (Å²) < 4.78 is 0. The van der Waals surface area contributed by atoms with Gasteiger partial charge in [-0.15, -0.1) is 0 Å². The lowest BCUT2D eigenvalue weighted by atomic mass is 9.91. The van der Waals surface area contributed by atoms with E-state index in [0.29, 0.717) is 5.92 Å². The van der Waals surface area contributed by atoms with Gasteiger partial charge in [-0.05, 0) is 31.4 Å². The van der Waals surface area contributed by atoms with Crippen molar-refractivity contribution in [3.05, 3.63) is 35.6 Å². The second kappa shape index (κ2) is 7.26. The molecular weight excluding hydrogens is 206 g/mol. The monoisotopic (exact) mass is 233 g/mol. The van der Waals surface area contributed by atoms with Crippen LogP contribution in [0, 0.1) is 11.3 Å². The summed E-state index contributed by atoms with van der Waals surface area (Å²) in [5.41, 5.74) is 2.44. The lowest BCUT2D eigenvalue weighted by molar-refractivity contribution is 0.498. The fourth-order valence-electron chi connectivity index (χ4n) is 1.28. The van der Waals surface area contributed by atoms with E-state index in [4.69, 9.17) is 0 Å². The Morgan fingerprint density at radius 3 is 2.18 bits per heavy atom. The molecule has 96 valence electrons. The molecule has 0 fully saturated rings. The Kier molecular flexibility index (Phi) is 6.79. The number of aliphatic imine (C=N–C) groups is 1. The maximum absolute atomic E-state index is 4.45. The van der Waals surface area contributed by atoms with Crippen LogP contribution in [-0.4, -0.2) is 6.21 Å². The molecule has 0 saturated heterocycles. The zero-order valence-corrected chi connectivity index (χ0v) is 12.4. The van der Waals surface area contributed by atoms with Gasteiger partial charge in [0.15, 0.2) is 0 Å². The van der Waals surface area contributed by atoms with Crippen molar-refractivity contribution in [2.75, 3.05) is 0 Å². The molecular formula is C16H27N. The topological polar surface area (TPSA) is 12.4 Å². The molecule has 0 aliphatic rings. The van der Waals surface area contributed by atoms with Crippen LogP contribution < -0.4 is 0 Å². The summed E-state index contributed by atoms with van der Waals surface area (Å²) in [5.74, 6) is 0.596. The summed E-state index contributed by atoms with van der Waals surface area (Å²) in [6.45, 7) is 15.0. The molecule has 0 heterocycles. The van der Waals surface area contributed by atoms with E-state index < -0.39 is 0 Å². The van der Waals surface area contributed by atoms with Gasteiger partial charge in [0.25, 0.3) is 0 Å². The molecule has 0 aromatic heterocycles. The van der Waals surface area contributed by atoms with Gasteiger partial charge < -0.3 is 0 Å². The maximum atomic E-state index is 4.45. The van der Waals surface area contributed by atoms with Crippen LogP contribution in [0.3, 0.4) is 0 Å². The Morgan fingerprint density at radius 2 is 1.76 bits per heavy atom. The van der Waals surface area contributed by atoms with Gasteiger partial charge in [-0.3, -0.25) is 4.99 Å². The Morgan fingerprint density at radius 1 is 1.18 bits per heavy atom. The first-order chi connectivity index (χ1) is 7.77. The van der Waals surface area contributed by atoms with Crippen molar-refractivity contribution in [3.8, 4) is 0 Å². The first-order valence-corrected chi connectivity index (χ1v) is 6.33. The molecule has 0 rings (SSSR count). The first kappa shape index (κ1) is 15.9. The highest BCUT2D eigenvalue weighted by Gasteiger charge is 2.15. The lowest BCUT2D eigenvalue weighted by Crippen LogP contribution is -2.07. The molecule has 0 bridgehead atoms. The quantitative estimate of drug-likeness (QED) is 0.469. The average Bonchev–Trinajstić information content (AvgIpc) is 2.15. The van der Waals surface area contributed by atoms with Crippen molar-refractivity contribution >= 4 is 6.21 Å². The van der Waals surface area contributed by atoms with Crippen LogP contribution >= 0.6 is 0 Å². The second-order valence-corrected chi connectivity index (χ2v) is 5.71. The first-order valence-electron chi connectivity index (χ1n) is 6.33. The van der Waals surface area contributed by atoms with Gasteiger partial charge in [-0.25, -0.2) is 0 Å². The molecule has 0 saturated carbocycles. The number of hydrogen-bond acceptors (Lipinski definition) is 1. The third kappa shape index (κ3) is 7.73. The molecule has 17 heavy (non-hydrogen) atoms. The molecule has 0 aliphatic heterocycles. The molecule has 0 atom stereocenters. The minimum Gasteiger partial charge on any atom is -0.265 e.